The number of aliphatic carboxylic acids is 2. The molecule has 7 fully saturated rings. The van der Waals surface area contributed by atoms with E-state index in [1.165, 1.54) is 89.5 Å². The summed E-state index contributed by atoms with van der Waals surface area (Å²) in [6.45, 7) is 0.0104. The molecule has 47 nitrogen and oxygen atoms in total. The van der Waals surface area contributed by atoms with Gasteiger partial charge in [0.05, 0.1) is 88.8 Å². The van der Waals surface area contributed by atoms with Crippen LogP contribution >= 0.6 is 0 Å². The van der Waals surface area contributed by atoms with E-state index in [4.69, 9.17) is 66.3 Å². The van der Waals surface area contributed by atoms with Crippen LogP contribution in [0.15, 0.2) is 12.2 Å². The Balaban J connectivity index is 1.24. The van der Waals surface area contributed by atoms with Crippen LogP contribution in [0.1, 0.15) is 221 Å². The number of ether oxygens (including phenoxy) is 14. The number of carboxylic acids is 2. The summed E-state index contributed by atoms with van der Waals surface area (Å²) in [5, 5.41) is 272. The summed E-state index contributed by atoms with van der Waals surface area (Å²) in [6.07, 6.45) is -46.6. The van der Waals surface area contributed by atoms with Gasteiger partial charge in [0.1, 0.15) is 153 Å². The number of aliphatic hydroxyl groups is 21. The smallest absolute Gasteiger partial charge is 0.364 e. The highest BCUT2D eigenvalue weighted by molar-refractivity contribution is 5.78. The molecule has 47 heteroatoms. The van der Waals surface area contributed by atoms with E-state index in [-0.39, 0.29) is 6.42 Å². The molecule has 0 aromatic rings. The lowest BCUT2D eigenvalue weighted by Gasteiger charge is -2.53. The Morgan fingerprint density at radius 3 is 1.29 bits per heavy atom. The minimum absolute atomic E-state index is 0.0942. The van der Waals surface area contributed by atoms with E-state index >= 15 is 0 Å². The van der Waals surface area contributed by atoms with Crippen LogP contribution in [0.5, 0.6) is 0 Å². The van der Waals surface area contributed by atoms with Gasteiger partial charge in [-0.25, -0.2) is 9.59 Å². The highest BCUT2D eigenvalue weighted by Gasteiger charge is 2.64. The first kappa shape index (κ1) is 117. The summed E-state index contributed by atoms with van der Waals surface area (Å²) in [5.41, 5.74) is 0. The van der Waals surface area contributed by atoms with Crippen molar-refractivity contribution in [2.45, 2.75) is 459 Å². The second-order valence-electron chi connectivity index (χ2n) is 36.4. The van der Waals surface area contributed by atoms with E-state index in [9.17, 15) is 146 Å². The van der Waals surface area contributed by atoms with Gasteiger partial charge in [0.2, 0.25) is 23.6 Å². The van der Waals surface area contributed by atoms with E-state index in [0.717, 1.165) is 91.9 Å². The maximum atomic E-state index is 14.0. The summed E-state index contributed by atoms with van der Waals surface area (Å²) in [6, 6.07) is -7.17. The van der Waals surface area contributed by atoms with E-state index in [1.807, 2.05) is 0 Å². The first-order chi connectivity index (χ1) is 64.2. The van der Waals surface area contributed by atoms with Crippen molar-refractivity contribution in [1.82, 2.24) is 21.3 Å². The summed E-state index contributed by atoms with van der Waals surface area (Å²) in [5.74, 6) is -14.7. The number of allylic oxidation sites excluding steroid dienone is 1. The van der Waals surface area contributed by atoms with Crippen molar-refractivity contribution in [3.8, 4) is 0 Å². The van der Waals surface area contributed by atoms with Gasteiger partial charge in [0, 0.05) is 40.0 Å². The molecule has 39 atom stereocenters. The molecule has 7 aliphatic heterocycles. The largest absolute Gasteiger partial charge is 0.477 e. The molecule has 0 aromatic heterocycles. The van der Waals surface area contributed by atoms with E-state index in [0.29, 0.717) is 12.8 Å². The third-order valence-electron chi connectivity index (χ3n) is 25.6. The molecule has 4 amide bonds. The van der Waals surface area contributed by atoms with Gasteiger partial charge in [-0.05, 0) is 26.2 Å². The second-order valence-corrected chi connectivity index (χ2v) is 36.4. The predicted molar refractivity (Wildman–Crippen MR) is 462 cm³/mol. The monoisotopic (exact) mass is 1950 g/mol. The first-order valence-corrected chi connectivity index (χ1v) is 47.6. The highest BCUT2D eigenvalue weighted by atomic mass is 16.8. The van der Waals surface area contributed by atoms with Crippen LogP contribution in [0.2, 0.25) is 0 Å². The minimum atomic E-state index is -3.45. The van der Waals surface area contributed by atoms with Gasteiger partial charge in [-0.2, -0.15) is 0 Å². The average molecular weight is 1960 g/mol. The number of carbonyl (C=O) groups excluding carboxylic acids is 4. The lowest BCUT2D eigenvalue weighted by Crippen LogP contribution is -2.72. The number of nitrogens with one attached hydrogen (secondary N) is 4. The van der Waals surface area contributed by atoms with Gasteiger partial charge in [-0.3, -0.25) is 19.2 Å². The number of carboxylic acid groups (broad SMARTS) is 2. The van der Waals surface area contributed by atoms with E-state index in [1.54, 1.807) is 6.08 Å². The second kappa shape index (κ2) is 58.1. The van der Waals surface area contributed by atoms with Crippen LogP contribution in [0, 0.1) is 0 Å². The zero-order valence-corrected chi connectivity index (χ0v) is 77.7. The SMILES string of the molecule is CCCCCCCCCCCCC/C=C/[C@@H](O)[C@H](CO[C@@H]1OC(CO)[C@@H](O[C@@H]2OC(CO)[C@H](O)[C@H](O[C@@H]3OC(CO[C@]4(C(=O)O)CC(O)[C@@H](NC(C)=O)C([C@H](O)[C@H](O)CO)O4)[C@@H](O[C@H]4OC(C)[C@@H](O)C(O)[C@@H]4O)[C@H](O[C@@H]4OC(CO)[C@H](O)[C@H](O[C@]5(C(=O)O)CC(O)[C@@H](NC(C)=O)C([C@H](O)[C@H](O)CO)O5)C4O)C3NC(C)=O)C2O)[C@H](O)C1O)NC(=O)CCCCCCCCCCCCCCC. The Labute approximate surface area is 784 Å². The Morgan fingerprint density at radius 2 is 0.815 bits per heavy atom. The molecule has 7 saturated heterocycles. The molecule has 27 N–H and O–H groups in total. The van der Waals surface area contributed by atoms with Gasteiger partial charge in [-0.1, -0.05) is 167 Å². The Morgan fingerprint density at radius 1 is 0.415 bits per heavy atom. The van der Waals surface area contributed by atoms with Crippen LogP contribution in [0.25, 0.3) is 0 Å². The van der Waals surface area contributed by atoms with Gasteiger partial charge in [-0.15, -0.1) is 0 Å². The Kier molecular flexibility index (Phi) is 50.4. The number of amides is 4. The molecule has 135 heavy (non-hydrogen) atoms. The number of carbonyl (C=O) groups is 6. The molecular weight excluding hydrogens is 1800 g/mol. The molecule has 0 bridgehead atoms. The standard InChI is InChI=1S/C88H154N4O43/c1-7-9-11-13-15-17-19-21-23-25-27-29-31-33-49(101)48(92-58(106)34-32-30-28-26-24-22-20-18-16-14-12-10-8-2)42-122-81-70(115)68(113)73(56(41-97)127-81)129-83-71(116)78(65(110)54(39-95)125-83)132-80-61(91-47(6)100)77(131-84-72(117)79(66(111)55(40-96)126-84)135-88(86(120)121)36-51(103)60(90-46(5)99)76(134-88)64(109)53(105)38-94)74(130-82-69(114)67(112)62(107)44(3)124-82)57(128-80)43-123-87(85(118)119)35-50(102)59(89-45(4)98)75(133-87)63(108)52(104)37-93/h31,33,44,48-57,59-84,93-97,101-105,107-117H,7-30,32,34-43H2,1-6H3,(H,89,98)(H,90,99)(H,91,100)(H,92,106)(H,118,119)(H,120,121)/b33-31+/t44?,48-,49+,50?,51?,52+,53+,54?,55?,56?,57?,59+,60+,61?,62+,63+,64+,65-,66-,67?,68+,69-,70?,71?,72?,73+,74+,75?,76?,77+,78-,79-,80-,81+,82+,83-,84-,87+,88-/m0/s1. The maximum Gasteiger partial charge on any atom is 0.364 e. The Bertz CT molecular complexity index is 3480. The molecule has 0 aliphatic carbocycles. The fourth-order valence-electron chi connectivity index (χ4n) is 17.9. The van der Waals surface area contributed by atoms with E-state index in [2.05, 4.69) is 35.1 Å². The third kappa shape index (κ3) is 33.1. The fourth-order valence-corrected chi connectivity index (χ4v) is 17.9. The van der Waals surface area contributed by atoms with Crippen molar-refractivity contribution in [2.24, 2.45) is 0 Å². The van der Waals surface area contributed by atoms with Gasteiger partial charge in [0.25, 0.3) is 11.6 Å². The highest BCUT2D eigenvalue weighted by Crippen LogP contribution is 2.43. The third-order valence-corrected chi connectivity index (χ3v) is 25.6. The fraction of sp³-hybridized carbons (Fsp3) is 0.909. The Hall–Kier alpha value is -4.84. The number of hydrogen-bond donors (Lipinski definition) is 27. The minimum Gasteiger partial charge on any atom is -0.477 e. The van der Waals surface area contributed by atoms with Crippen molar-refractivity contribution in [2.75, 3.05) is 46.2 Å². The number of aliphatic hydroxyl groups excluding tert-OH is 21. The van der Waals surface area contributed by atoms with Gasteiger partial charge in [0.15, 0.2) is 31.5 Å². The van der Waals surface area contributed by atoms with E-state index < -0.39 is 333 Å². The molecule has 0 aromatic carbocycles. The summed E-state index contributed by atoms with van der Waals surface area (Å²) >= 11 is 0. The topological polar surface area (TPSA) is 745 Å². The van der Waals surface area contributed by atoms with Gasteiger partial charge < -0.3 is 205 Å². The molecular formula is C88H154N4O43. The lowest BCUT2D eigenvalue weighted by molar-refractivity contribution is -0.402. The van der Waals surface area contributed by atoms with Gasteiger partial charge >= 0.3 is 11.9 Å². The summed E-state index contributed by atoms with van der Waals surface area (Å²) < 4.78 is 85.5. The molecule has 14 unspecified atom stereocenters. The molecule has 0 spiro atoms. The average Bonchev–Trinajstić information content (AvgIpc) is 0.742. The number of hydrogen-bond acceptors (Lipinski definition) is 41. The zero-order chi connectivity index (χ0) is 99.7. The molecule has 7 rings (SSSR count). The van der Waals surface area contributed by atoms with Crippen molar-refractivity contribution < 1.29 is 213 Å². The number of unbranched alkanes of at least 4 members (excludes halogenated alkanes) is 23. The zero-order valence-electron chi connectivity index (χ0n) is 77.7. The summed E-state index contributed by atoms with van der Waals surface area (Å²) in [4.78, 5) is 80.5. The van der Waals surface area contributed by atoms with Crippen LogP contribution in [0.4, 0.5) is 0 Å². The van der Waals surface area contributed by atoms with Crippen LogP contribution in [-0.4, -0.2) is 437 Å². The van der Waals surface area contributed by atoms with Crippen LogP contribution < -0.4 is 21.3 Å². The maximum absolute atomic E-state index is 14.0. The number of rotatable bonds is 59. The predicted octanol–water partition coefficient (Wildman–Crippen LogP) is -5.80. The lowest BCUT2D eigenvalue weighted by atomic mass is 9.88. The van der Waals surface area contributed by atoms with Crippen molar-refractivity contribution >= 4 is 35.6 Å². The van der Waals surface area contributed by atoms with Crippen LogP contribution in [-0.2, 0) is 95.1 Å². The molecule has 784 valence electrons. The molecule has 0 radical (unpaired) electrons. The first-order valence-electron chi connectivity index (χ1n) is 47.6. The quantitative estimate of drug-likeness (QED) is 0.0199. The van der Waals surface area contributed by atoms with Crippen molar-refractivity contribution in [3.05, 3.63) is 12.2 Å². The summed E-state index contributed by atoms with van der Waals surface area (Å²) in [7, 11) is 0. The van der Waals surface area contributed by atoms with Crippen LogP contribution in [0.3, 0.4) is 0 Å². The normalized spacial score (nSPS) is 37.2. The van der Waals surface area contributed by atoms with Crippen molar-refractivity contribution in [3.63, 3.8) is 0 Å². The molecule has 7 aliphatic rings. The molecule has 7 heterocycles. The molecule has 0 saturated carbocycles. The van der Waals surface area contributed by atoms with Crippen molar-refractivity contribution in [1.29, 1.82) is 0 Å².